The van der Waals surface area contributed by atoms with Crippen molar-refractivity contribution >= 4 is 69.0 Å². The van der Waals surface area contributed by atoms with E-state index in [-0.39, 0.29) is 41.9 Å². The highest BCUT2D eigenvalue weighted by molar-refractivity contribution is 6.30. The van der Waals surface area contributed by atoms with E-state index in [1.165, 1.54) is 36.4 Å². The number of pyridine rings is 2. The molecule has 17 nitrogen and oxygen atoms in total. The summed E-state index contributed by atoms with van der Waals surface area (Å²) in [6.45, 7) is 3.28. The lowest BCUT2D eigenvalue weighted by Crippen LogP contribution is -2.50. The molecule has 2 saturated heterocycles. The minimum absolute atomic E-state index is 0.0792. The molecule has 346 valence electrons. The van der Waals surface area contributed by atoms with Crippen molar-refractivity contribution in [3.8, 4) is 34.0 Å². The zero-order chi connectivity index (χ0) is 47.2. The minimum atomic E-state index is -4.77. The number of alkyl halides is 3. The molecular weight excluding hydrogens is 900 g/mol. The molecule has 9 rings (SSSR count). The molecule has 2 fully saturated rings. The van der Waals surface area contributed by atoms with Crippen molar-refractivity contribution in [2.75, 3.05) is 86.8 Å². The Bertz CT molecular complexity index is 2880. The average Bonchev–Trinajstić information content (AvgIpc) is 3.33. The number of fused-ring (bicyclic) bond motifs is 2. The zero-order valence-electron chi connectivity index (χ0n) is 35.4. The highest BCUT2D eigenvalue weighted by Crippen LogP contribution is 2.31. The molecule has 6 heterocycles. The summed E-state index contributed by atoms with van der Waals surface area (Å²) in [5, 5.41) is 9.61. The third kappa shape index (κ3) is 11.2. The molecule has 22 heteroatoms. The largest absolute Gasteiger partial charge is 0.573 e. The highest BCUT2D eigenvalue weighted by atomic mass is 35.5. The van der Waals surface area contributed by atoms with Gasteiger partial charge in [0, 0.05) is 68.5 Å². The Hall–Kier alpha value is -7.65. The molecule has 2 amide bonds. The second-order valence-corrected chi connectivity index (χ2v) is 15.6. The van der Waals surface area contributed by atoms with Crippen molar-refractivity contribution in [2.45, 2.75) is 6.36 Å². The van der Waals surface area contributed by atoms with Crippen LogP contribution < -0.4 is 30.7 Å². The summed E-state index contributed by atoms with van der Waals surface area (Å²) in [6, 6.07) is 25.4. The van der Waals surface area contributed by atoms with Gasteiger partial charge in [0.2, 0.25) is 17.8 Å². The van der Waals surface area contributed by atoms with E-state index < -0.39 is 13.0 Å². The number of aliphatic hydroxyl groups excluding tert-OH is 1. The number of nitrogen functional groups attached to an aromatic ring is 2. The molecule has 67 heavy (non-hydrogen) atoms. The van der Waals surface area contributed by atoms with E-state index in [1.54, 1.807) is 58.3 Å². The molecule has 0 aliphatic carbocycles. The van der Waals surface area contributed by atoms with Gasteiger partial charge in [-0.1, -0.05) is 11.6 Å². The van der Waals surface area contributed by atoms with Crippen LogP contribution in [0.15, 0.2) is 97.1 Å². The summed E-state index contributed by atoms with van der Waals surface area (Å²) in [5.74, 6) is 0.829. The molecule has 7 aromatic rings. The molecule has 0 radical (unpaired) electrons. The first-order valence-corrected chi connectivity index (χ1v) is 21.1. The molecule has 0 spiro atoms. The van der Waals surface area contributed by atoms with Gasteiger partial charge < -0.3 is 45.6 Å². The van der Waals surface area contributed by atoms with Crippen LogP contribution >= 0.6 is 11.6 Å². The normalized spacial score (nSPS) is 14.2. The number of piperazine rings is 2. The van der Waals surface area contributed by atoms with E-state index in [9.17, 15) is 27.2 Å². The predicted octanol–water partition coefficient (Wildman–Crippen LogP) is 5.61. The van der Waals surface area contributed by atoms with Gasteiger partial charge in [-0.05, 0) is 97.1 Å². The fourth-order valence-electron chi connectivity index (χ4n) is 7.45. The summed E-state index contributed by atoms with van der Waals surface area (Å²) < 4.78 is 60.2. The Balaban J connectivity index is 0.000000192. The first-order valence-electron chi connectivity index (χ1n) is 20.7. The minimum Gasteiger partial charge on any atom is -0.484 e. The Kier molecular flexibility index (Phi) is 13.6. The topological polar surface area (TPSA) is 215 Å². The molecule has 0 saturated carbocycles. The molecule has 0 bridgehead atoms. The van der Waals surface area contributed by atoms with Gasteiger partial charge in [-0.15, -0.1) is 13.2 Å². The van der Waals surface area contributed by atoms with Crippen LogP contribution in [0.2, 0.25) is 5.02 Å². The standard InChI is InChI=1S/C26H22ClF3N6O3.C19H19FN6O2/c27-17-3-7-18(8-4-17)38-15-22(37)35-11-13-36(14-12-35)24-23-21(33-25(31)34-24)10-9-20(32-23)16-1-5-19(6-2-16)39-26(28,29)30;20-13-3-1-12(2-4-13)14-5-6-15-17(22-14)18(24-19(21)23-15)26-9-7-25(8-10-26)16(28)11-27/h1-10H,11-15H2,(H2,31,33,34);1-6,27H,7-11H2,(H2,21,23,24). The van der Waals surface area contributed by atoms with Gasteiger partial charge in [-0.25, -0.2) is 24.3 Å². The second-order valence-electron chi connectivity index (χ2n) is 15.2. The van der Waals surface area contributed by atoms with Crippen LogP contribution in [0, 0.1) is 5.82 Å². The van der Waals surface area contributed by atoms with Gasteiger partial charge in [0.05, 0.1) is 22.4 Å². The lowest BCUT2D eigenvalue weighted by molar-refractivity contribution is -0.274. The van der Waals surface area contributed by atoms with E-state index in [0.29, 0.717) is 114 Å². The van der Waals surface area contributed by atoms with Crippen LogP contribution in [0.4, 0.5) is 41.1 Å². The Morgan fingerprint density at radius 1 is 0.597 bits per heavy atom. The van der Waals surface area contributed by atoms with E-state index in [2.05, 4.69) is 24.7 Å². The van der Waals surface area contributed by atoms with Gasteiger partial charge in [0.1, 0.15) is 35.0 Å². The third-order valence-electron chi connectivity index (χ3n) is 10.8. The number of carbonyl (C=O) groups excluding carboxylic acids is 2. The lowest BCUT2D eigenvalue weighted by Gasteiger charge is -2.35. The fraction of sp³-hybridized carbons (Fsp3) is 0.244. The summed E-state index contributed by atoms with van der Waals surface area (Å²) >= 11 is 5.88. The van der Waals surface area contributed by atoms with Gasteiger partial charge >= 0.3 is 6.36 Å². The smallest absolute Gasteiger partial charge is 0.484 e. The molecule has 2 aliphatic rings. The first-order chi connectivity index (χ1) is 32.2. The summed E-state index contributed by atoms with van der Waals surface area (Å²) in [6.07, 6.45) is -4.77. The number of amides is 2. The second kappa shape index (κ2) is 19.8. The highest BCUT2D eigenvalue weighted by Gasteiger charge is 2.31. The van der Waals surface area contributed by atoms with Gasteiger partial charge in [-0.3, -0.25) is 9.59 Å². The number of aromatic nitrogens is 6. The number of anilines is 4. The van der Waals surface area contributed by atoms with E-state index in [0.717, 1.165) is 5.56 Å². The molecular formula is C45H41ClF4N12O5. The number of aliphatic hydroxyl groups is 1. The summed E-state index contributed by atoms with van der Waals surface area (Å²) in [4.78, 5) is 58.4. The average molecular weight is 941 g/mol. The van der Waals surface area contributed by atoms with Crippen molar-refractivity contribution in [1.29, 1.82) is 0 Å². The maximum Gasteiger partial charge on any atom is 0.573 e. The maximum atomic E-state index is 13.2. The molecule has 0 unspecified atom stereocenters. The van der Waals surface area contributed by atoms with Crippen LogP contribution in [0.5, 0.6) is 11.5 Å². The summed E-state index contributed by atoms with van der Waals surface area (Å²) in [5.41, 5.74) is 16.6. The Labute approximate surface area is 384 Å². The number of nitrogens with zero attached hydrogens (tertiary/aromatic N) is 10. The molecule has 0 atom stereocenters. The monoisotopic (exact) mass is 940 g/mol. The lowest BCUT2D eigenvalue weighted by atomic mass is 10.1. The molecule has 5 N–H and O–H groups in total. The van der Waals surface area contributed by atoms with Gasteiger partial charge in [0.15, 0.2) is 18.2 Å². The number of halogens is 5. The first kappa shape index (κ1) is 45.9. The number of hydrogen-bond acceptors (Lipinski definition) is 15. The van der Waals surface area contributed by atoms with E-state index >= 15 is 0 Å². The van der Waals surface area contributed by atoms with E-state index in [1.807, 2.05) is 21.9 Å². The van der Waals surface area contributed by atoms with Crippen molar-refractivity contribution < 1.29 is 41.7 Å². The number of nitrogens with two attached hydrogens (primary N) is 2. The Morgan fingerprint density at radius 2 is 1.04 bits per heavy atom. The van der Waals surface area contributed by atoms with Crippen LogP contribution in [0.25, 0.3) is 44.6 Å². The number of rotatable bonds is 9. The SMILES string of the molecule is Nc1nc(N2CCN(C(=O)CO)CC2)c2nc(-c3ccc(F)cc3)ccc2n1.Nc1nc(N2CCN(C(=O)COc3ccc(Cl)cc3)CC2)c2nc(-c3ccc(OC(F)(F)F)cc3)ccc2n1. The number of ether oxygens (including phenoxy) is 2. The molecule has 2 aliphatic heterocycles. The van der Waals surface area contributed by atoms with Crippen LogP contribution in [0.1, 0.15) is 0 Å². The number of carbonyl (C=O) groups is 2. The Morgan fingerprint density at radius 3 is 1.51 bits per heavy atom. The molecule has 3 aromatic carbocycles. The predicted molar refractivity (Wildman–Crippen MR) is 243 cm³/mol. The van der Waals surface area contributed by atoms with Crippen LogP contribution in [-0.2, 0) is 9.59 Å². The molecule has 4 aromatic heterocycles. The van der Waals surface area contributed by atoms with Crippen molar-refractivity contribution in [3.63, 3.8) is 0 Å². The van der Waals surface area contributed by atoms with Gasteiger partial charge in [0.25, 0.3) is 5.91 Å². The van der Waals surface area contributed by atoms with Crippen molar-refractivity contribution in [2.24, 2.45) is 0 Å². The van der Waals surface area contributed by atoms with E-state index in [4.69, 9.17) is 42.9 Å². The fourth-order valence-corrected chi connectivity index (χ4v) is 7.57. The third-order valence-corrected chi connectivity index (χ3v) is 11.0. The van der Waals surface area contributed by atoms with Crippen LogP contribution in [0.3, 0.4) is 0 Å². The maximum absolute atomic E-state index is 13.2. The number of hydrogen-bond donors (Lipinski definition) is 3. The van der Waals surface area contributed by atoms with Crippen molar-refractivity contribution in [1.82, 2.24) is 39.7 Å². The van der Waals surface area contributed by atoms with Crippen LogP contribution in [-0.4, -0.2) is 129 Å². The van der Waals surface area contributed by atoms with Crippen molar-refractivity contribution in [3.05, 3.63) is 108 Å². The zero-order valence-corrected chi connectivity index (χ0v) is 36.2. The quantitative estimate of drug-likeness (QED) is 0.150. The van der Waals surface area contributed by atoms with Gasteiger partial charge in [-0.2, -0.15) is 9.97 Å². The summed E-state index contributed by atoms with van der Waals surface area (Å²) in [7, 11) is 0. The number of benzene rings is 3.